The topological polar surface area (TPSA) is 23.6 Å². The molecule has 0 heterocycles. The van der Waals surface area contributed by atoms with Crippen molar-refractivity contribution in [1.82, 2.24) is 4.90 Å². The van der Waals surface area contributed by atoms with Crippen LogP contribution in [0.1, 0.15) is 13.8 Å². The van der Waals surface area contributed by atoms with Crippen molar-refractivity contribution in [2.45, 2.75) is 23.6 Å². The van der Waals surface area contributed by atoms with E-state index in [1.165, 1.54) is 0 Å². The Bertz CT molecular complexity index is 654. The minimum absolute atomic E-state index is 0.108. The Kier molecular flexibility index (Phi) is 7.16. The Hall–Kier alpha value is -1.49. The van der Waals surface area contributed by atoms with Crippen LogP contribution in [0.2, 0.25) is 5.02 Å². The lowest BCUT2D eigenvalue weighted by Gasteiger charge is -2.23. The van der Waals surface area contributed by atoms with Crippen molar-refractivity contribution in [3.8, 4) is 0 Å². The standard InChI is InChI=1S/C19H23ClN2OS/c1-4-22(5-2)14-19(23)21(3)16-8-12-18(13-9-16)24-17-10-6-15(20)7-11-17/h6-13H,4-5,14H2,1-3H3. The zero-order chi connectivity index (χ0) is 17.5. The minimum atomic E-state index is 0.108. The summed E-state index contributed by atoms with van der Waals surface area (Å²) in [5.41, 5.74) is 0.910. The third kappa shape index (κ3) is 5.26. The van der Waals surface area contributed by atoms with Crippen LogP contribution in [0.15, 0.2) is 58.3 Å². The molecule has 0 fully saturated rings. The van der Waals surface area contributed by atoms with Crippen molar-refractivity contribution in [2.24, 2.45) is 0 Å². The molecule has 0 aromatic heterocycles. The number of carbonyl (C=O) groups is 1. The van der Waals surface area contributed by atoms with Crippen LogP contribution in [0.4, 0.5) is 5.69 Å². The molecule has 0 saturated heterocycles. The summed E-state index contributed by atoms with van der Waals surface area (Å²) in [5.74, 6) is 0.108. The lowest BCUT2D eigenvalue weighted by Crippen LogP contribution is -2.38. The SMILES string of the molecule is CCN(CC)CC(=O)N(C)c1ccc(Sc2ccc(Cl)cc2)cc1. The van der Waals surface area contributed by atoms with Gasteiger partial charge in [-0.25, -0.2) is 0 Å². The van der Waals surface area contributed by atoms with Crippen molar-refractivity contribution in [3.63, 3.8) is 0 Å². The summed E-state index contributed by atoms with van der Waals surface area (Å²) in [6, 6.07) is 15.8. The lowest BCUT2D eigenvalue weighted by molar-refractivity contribution is -0.119. The molecule has 0 aliphatic heterocycles. The average molecular weight is 363 g/mol. The molecular formula is C19H23ClN2OS. The molecule has 3 nitrogen and oxygen atoms in total. The van der Waals surface area contributed by atoms with E-state index in [1.54, 1.807) is 16.7 Å². The second-order valence-corrected chi connectivity index (χ2v) is 7.05. The van der Waals surface area contributed by atoms with E-state index in [2.05, 4.69) is 18.7 Å². The number of anilines is 1. The Labute approximate surface area is 153 Å². The van der Waals surface area contributed by atoms with E-state index < -0.39 is 0 Å². The molecule has 0 spiro atoms. The van der Waals surface area contributed by atoms with Gasteiger partial charge in [0.1, 0.15) is 0 Å². The van der Waals surface area contributed by atoms with E-state index in [0.717, 1.165) is 33.6 Å². The first-order valence-corrected chi connectivity index (χ1v) is 9.25. The van der Waals surface area contributed by atoms with Gasteiger partial charge in [-0.2, -0.15) is 0 Å². The number of hydrogen-bond acceptors (Lipinski definition) is 3. The number of nitrogens with zero attached hydrogens (tertiary/aromatic N) is 2. The summed E-state index contributed by atoms with van der Waals surface area (Å²) in [4.78, 5) is 18.4. The van der Waals surface area contributed by atoms with Gasteiger partial charge in [-0.1, -0.05) is 37.2 Å². The Balaban J connectivity index is 2.00. The van der Waals surface area contributed by atoms with Crippen LogP contribution in [0.25, 0.3) is 0 Å². The number of amides is 1. The van der Waals surface area contributed by atoms with Crippen molar-refractivity contribution in [1.29, 1.82) is 0 Å². The van der Waals surface area contributed by atoms with Crippen molar-refractivity contribution < 1.29 is 4.79 Å². The molecule has 2 aromatic carbocycles. The molecule has 2 aromatic rings. The highest BCUT2D eigenvalue weighted by Gasteiger charge is 2.13. The molecular weight excluding hydrogens is 340 g/mol. The predicted molar refractivity (Wildman–Crippen MR) is 103 cm³/mol. The normalized spacial score (nSPS) is 10.9. The first-order valence-electron chi connectivity index (χ1n) is 8.05. The molecule has 5 heteroatoms. The van der Waals surface area contributed by atoms with Gasteiger partial charge in [0.15, 0.2) is 0 Å². The minimum Gasteiger partial charge on any atom is -0.314 e. The van der Waals surface area contributed by atoms with Gasteiger partial charge in [0.2, 0.25) is 5.91 Å². The highest BCUT2D eigenvalue weighted by Crippen LogP contribution is 2.29. The van der Waals surface area contributed by atoms with Crippen molar-refractivity contribution in [2.75, 3.05) is 31.6 Å². The van der Waals surface area contributed by atoms with E-state index in [-0.39, 0.29) is 5.91 Å². The van der Waals surface area contributed by atoms with Gasteiger partial charge < -0.3 is 4.90 Å². The maximum atomic E-state index is 12.3. The van der Waals surface area contributed by atoms with Crippen LogP contribution in [0.5, 0.6) is 0 Å². The third-order valence-corrected chi connectivity index (χ3v) is 5.17. The largest absolute Gasteiger partial charge is 0.314 e. The van der Waals surface area contributed by atoms with Gasteiger partial charge in [0.05, 0.1) is 6.54 Å². The van der Waals surface area contributed by atoms with Gasteiger partial charge in [-0.05, 0) is 61.6 Å². The van der Waals surface area contributed by atoms with Gasteiger partial charge in [0.25, 0.3) is 0 Å². The van der Waals surface area contributed by atoms with E-state index in [1.807, 2.05) is 55.6 Å². The highest BCUT2D eigenvalue weighted by atomic mass is 35.5. The smallest absolute Gasteiger partial charge is 0.240 e. The van der Waals surface area contributed by atoms with Gasteiger partial charge in [-0.3, -0.25) is 9.69 Å². The third-order valence-electron chi connectivity index (χ3n) is 3.90. The molecule has 0 aliphatic carbocycles. The maximum absolute atomic E-state index is 12.3. The van der Waals surface area contributed by atoms with E-state index in [4.69, 9.17) is 11.6 Å². The molecule has 1 amide bonds. The molecule has 128 valence electrons. The number of rotatable bonds is 7. The fourth-order valence-corrected chi connectivity index (χ4v) is 3.21. The van der Waals surface area contributed by atoms with Crippen LogP contribution in [-0.2, 0) is 4.79 Å². The molecule has 0 N–H and O–H groups in total. The molecule has 0 atom stereocenters. The summed E-state index contributed by atoms with van der Waals surface area (Å²) in [6.45, 7) is 6.35. The predicted octanol–water partition coefficient (Wildman–Crippen LogP) is 4.80. The maximum Gasteiger partial charge on any atom is 0.240 e. The fraction of sp³-hybridized carbons (Fsp3) is 0.316. The second kappa shape index (κ2) is 9.11. The number of likely N-dealkylation sites (N-methyl/N-ethyl adjacent to an activating group) is 2. The quantitative estimate of drug-likeness (QED) is 0.707. The Morgan fingerprint density at radius 3 is 1.96 bits per heavy atom. The van der Waals surface area contributed by atoms with Crippen LogP contribution < -0.4 is 4.90 Å². The van der Waals surface area contributed by atoms with Crippen molar-refractivity contribution >= 4 is 35.0 Å². The van der Waals surface area contributed by atoms with Crippen LogP contribution in [-0.4, -0.2) is 37.5 Å². The number of hydrogen-bond donors (Lipinski definition) is 0. The van der Waals surface area contributed by atoms with E-state index in [0.29, 0.717) is 6.54 Å². The summed E-state index contributed by atoms with van der Waals surface area (Å²) >= 11 is 7.58. The molecule has 2 rings (SSSR count). The van der Waals surface area contributed by atoms with Gasteiger partial charge in [-0.15, -0.1) is 0 Å². The van der Waals surface area contributed by atoms with Crippen LogP contribution in [0, 0.1) is 0 Å². The summed E-state index contributed by atoms with van der Waals surface area (Å²) < 4.78 is 0. The molecule has 0 radical (unpaired) electrons. The zero-order valence-corrected chi connectivity index (χ0v) is 15.9. The fourth-order valence-electron chi connectivity index (χ4n) is 2.27. The average Bonchev–Trinajstić information content (AvgIpc) is 2.61. The molecule has 0 bridgehead atoms. The van der Waals surface area contributed by atoms with Crippen LogP contribution in [0.3, 0.4) is 0 Å². The Morgan fingerprint density at radius 2 is 1.46 bits per heavy atom. The van der Waals surface area contributed by atoms with E-state index >= 15 is 0 Å². The lowest BCUT2D eigenvalue weighted by atomic mass is 10.3. The number of halogens is 1. The summed E-state index contributed by atoms with van der Waals surface area (Å²) in [5, 5.41) is 0.739. The van der Waals surface area contributed by atoms with E-state index in [9.17, 15) is 4.79 Å². The first-order chi connectivity index (χ1) is 11.5. The molecule has 24 heavy (non-hydrogen) atoms. The Morgan fingerprint density at radius 1 is 0.958 bits per heavy atom. The number of benzene rings is 2. The van der Waals surface area contributed by atoms with Gasteiger partial charge in [0, 0.05) is 27.5 Å². The first kappa shape index (κ1) is 18.8. The molecule has 0 unspecified atom stereocenters. The monoisotopic (exact) mass is 362 g/mol. The molecule has 0 saturated carbocycles. The summed E-state index contributed by atoms with van der Waals surface area (Å²) in [6.07, 6.45) is 0. The van der Waals surface area contributed by atoms with Gasteiger partial charge >= 0.3 is 0 Å². The second-order valence-electron chi connectivity index (χ2n) is 5.46. The highest BCUT2D eigenvalue weighted by molar-refractivity contribution is 7.99. The number of carbonyl (C=O) groups excluding carboxylic acids is 1. The molecule has 0 aliphatic rings. The zero-order valence-electron chi connectivity index (χ0n) is 14.3. The van der Waals surface area contributed by atoms with Crippen LogP contribution >= 0.6 is 23.4 Å². The van der Waals surface area contributed by atoms with Crippen molar-refractivity contribution in [3.05, 3.63) is 53.6 Å². The summed E-state index contributed by atoms with van der Waals surface area (Å²) in [7, 11) is 1.83.